The minimum Gasteiger partial charge on any atom is -0.398 e. The molecule has 2 heteroatoms. The molecule has 0 heterocycles. The summed E-state index contributed by atoms with van der Waals surface area (Å²) in [6.45, 7) is 4.01. The summed E-state index contributed by atoms with van der Waals surface area (Å²) < 4.78 is 0. The highest BCUT2D eigenvalue weighted by atomic mass is 14.6. The maximum Gasteiger partial charge on any atom is 0.0350 e. The lowest BCUT2D eigenvalue weighted by Gasteiger charge is -2.06. The van der Waals surface area contributed by atoms with Gasteiger partial charge in [0.2, 0.25) is 0 Å². The molecule has 0 radical (unpaired) electrons. The van der Waals surface area contributed by atoms with E-state index in [-0.39, 0.29) is 0 Å². The molecule has 0 bridgehead atoms. The molecule has 0 aliphatic carbocycles. The van der Waals surface area contributed by atoms with E-state index in [0.29, 0.717) is 0 Å². The van der Waals surface area contributed by atoms with Crippen molar-refractivity contribution in [2.24, 2.45) is 0 Å². The van der Waals surface area contributed by atoms with E-state index in [9.17, 15) is 0 Å². The van der Waals surface area contributed by atoms with E-state index in [0.717, 1.165) is 33.3 Å². The first-order valence-corrected chi connectivity index (χ1v) is 4.64. The largest absolute Gasteiger partial charge is 0.398 e. The van der Waals surface area contributed by atoms with Gasteiger partial charge in [0, 0.05) is 11.4 Å². The molecule has 0 aliphatic rings. The van der Waals surface area contributed by atoms with Crippen molar-refractivity contribution < 1.29 is 0 Å². The van der Waals surface area contributed by atoms with E-state index in [1.165, 1.54) is 0 Å². The molecule has 4 N–H and O–H groups in total. The zero-order chi connectivity index (χ0) is 10.3. The van der Waals surface area contributed by atoms with Crippen molar-refractivity contribution in [3.63, 3.8) is 0 Å². The van der Waals surface area contributed by atoms with Crippen LogP contribution < -0.4 is 11.5 Å². The van der Waals surface area contributed by atoms with Gasteiger partial charge in [-0.25, -0.2) is 0 Å². The molecule has 0 amide bonds. The van der Waals surface area contributed by atoms with Gasteiger partial charge in [0.25, 0.3) is 0 Å². The summed E-state index contributed by atoms with van der Waals surface area (Å²) >= 11 is 0. The van der Waals surface area contributed by atoms with Crippen LogP contribution in [0.4, 0.5) is 11.4 Å². The second kappa shape index (κ2) is 2.91. The fourth-order valence-electron chi connectivity index (χ4n) is 1.61. The third kappa shape index (κ3) is 1.29. The second-order valence-corrected chi connectivity index (χ2v) is 3.76. The average molecular weight is 186 g/mol. The molecule has 0 fully saturated rings. The number of hydrogen-bond acceptors (Lipinski definition) is 2. The van der Waals surface area contributed by atoms with Gasteiger partial charge in [0.05, 0.1) is 0 Å². The molecule has 72 valence electrons. The third-order valence-corrected chi connectivity index (χ3v) is 2.61. The zero-order valence-corrected chi connectivity index (χ0v) is 8.46. The van der Waals surface area contributed by atoms with Crippen molar-refractivity contribution >= 4 is 22.1 Å². The van der Waals surface area contributed by atoms with Crippen LogP contribution in [0.15, 0.2) is 24.3 Å². The van der Waals surface area contributed by atoms with Crippen LogP contribution in [0.5, 0.6) is 0 Å². The molecule has 0 aliphatic heterocycles. The summed E-state index contributed by atoms with van der Waals surface area (Å²) in [5.41, 5.74) is 15.6. The Morgan fingerprint density at radius 3 is 1.43 bits per heavy atom. The minimum atomic E-state index is 0.835. The van der Waals surface area contributed by atoms with Crippen molar-refractivity contribution in [1.29, 1.82) is 0 Å². The quantitative estimate of drug-likeness (QED) is 0.621. The Morgan fingerprint density at radius 2 is 1.07 bits per heavy atom. The number of aryl methyl sites for hydroxylation is 2. The van der Waals surface area contributed by atoms with Crippen molar-refractivity contribution in [3.05, 3.63) is 35.4 Å². The second-order valence-electron chi connectivity index (χ2n) is 3.76. The van der Waals surface area contributed by atoms with Crippen LogP contribution in [0.25, 0.3) is 10.8 Å². The predicted octanol–water partition coefficient (Wildman–Crippen LogP) is 2.62. The van der Waals surface area contributed by atoms with Crippen LogP contribution >= 0.6 is 0 Å². The average Bonchev–Trinajstić information content (AvgIpc) is 2.11. The smallest absolute Gasteiger partial charge is 0.0350 e. The number of anilines is 2. The highest BCUT2D eigenvalue weighted by Crippen LogP contribution is 2.25. The van der Waals surface area contributed by atoms with Gasteiger partial charge in [-0.1, -0.05) is 0 Å². The highest BCUT2D eigenvalue weighted by Gasteiger charge is 2.01. The van der Waals surface area contributed by atoms with Crippen LogP contribution in [-0.4, -0.2) is 0 Å². The summed E-state index contributed by atoms with van der Waals surface area (Å²) in [6, 6.07) is 8.13. The Morgan fingerprint density at radius 1 is 0.714 bits per heavy atom. The summed E-state index contributed by atoms with van der Waals surface area (Å²) in [6.07, 6.45) is 0. The van der Waals surface area contributed by atoms with Gasteiger partial charge < -0.3 is 11.5 Å². The maximum absolute atomic E-state index is 5.84. The third-order valence-electron chi connectivity index (χ3n) is 2.61. The summed E-state index contributed by atoms with van der Waals surface area (Å²) in [4.78, 5) is 0. The molecule has 14 heavy (non-hydrogen) atoms. The molecule has 0 aromatic heterocycles. The summed E-state index contributed by atoms with van der Waals surface area (Å²) in [5.74, 6) is 0. The van der Waals surface area contributed by atoms with Gasteiger partial charge in [-0.05, 0) is 60.0 Å². The normalized spacial score (nSPS) is 10.7. The molecule has 0 saturated heterocycles. The number of rotatable bonds is 0. The number of nitrogens with two attached hydrogens (primary N) is 2. The van der Waals surface area contributed by atoms with Crippen molar-refractivity contribution in [1.82, 2.24) is 0 Å². The van der Waals surface area contributed by atoms with Gasteiger partial charge in [-0.15, -0.1) is 0 Å². The fraction of sp³-hybridized carbons (Fsp3) is 0.167. The molecular weight excluding hydrogens is 172 g/mol. The summed E-state index contributed by atoms with van der Waals surface area (Å²) in [7, 11) is 0. The SMILES string of the molecule is Cc1cc2cc(N)c(C)cc2cc1N. The Labute approximate surface area is 83.5 Å². The number of fused-ring (bicyclic) bond motifs is 1. The first-order chi connectivity index (χ1) is 6.58. The molecule has 2 rings (SSSR count). The zero-order valence-electron chi connectivity index (χ0n) is 8.46. The standard InChI is InChI=1S/C12H14N2/c1-7-3-9-6-12(14)8(2)4-10(9)5-11(7)13/h3-6H,13-14H2,1-2H3. The van der Waals surface area contributed by atoms with E-state index in [2.05, 4.69) is 12.1 Å². The molecule has 0 atom stereocenters. The first kappa shape index (κ1) is 8.88. The van der Waals surface area contributed by atoms with Gasteiger partial charge in [0.15, 0.2) is 0 Å². The molecule has 0 spiro atoms. The minimum absolute atomic E-state index is 0.835. The van der Waals surface area contributed by atoms with Gasteiger partial charge in [-0.2, -0.15) is 0 Å². The van der Waals surface area contributed by atoms with Crippen LogP contribution in [0.1, 0.15) is 11.1 Å². The fourth-order valence-corrected chi connectivity index (χ4v) is 1.61. The Balaban J connectivity index is 2.83. The molecule has 2 aromatic carbocycles. The summed E-state index contributed by atoms with van der Waals surface area (Å²) in [5, 5.41) is 2.31. The Hall–Kier alpha value is -1.70. The lowest BCUT2D eigenvalue weighted by molar-refractivity contribution is 1.47. The van der Waals surface area contributed by atoms with E-state index >= 15 is 0 Å². The van der Waals surface area contributed by atoms with Crippen LogP contribution in [-0.2, 0) is 0 Å². The van der Waals surface area contributed by atoms with E-state index in [1.54, 1.807) is 0 Å². The number of benzene rings is 2. The molecular formula is C12H14N2. The van der Waals surface area contributed by atoms with Crippen molar-refractivity contribution in [2.45, 2.75) is 13.8 Å². The van der Waals surface area contributed by atoms with E-state index < -0.39 is 0 Å². The van der Waals surface area contributed by atoms with Crippen LogP contribution in [0.3, 0.4) is 0 Å². The maximum atomic E-state index is 5.84. The van der Waals surface area contributed by atoms with E-state index in [4.69, 9.17) is 11.5 Å². The highest BCUT2D eigenvalue weighted by molar-refractivity contribution is 5.90. The van der Waals surface area contributed by atoms with Gasteiger partial charge >= 0.3 is 0 Å². The van der Waals surface area contributed by atoms with Crippen molar-refractivity contribution in [3.8, 4) is 0 Å². The molecule has 2 nitrogen and oxygen atoms in total. The van der Waals surface area contributed by atoms with Gasteiger partial charge in [-0.3, -0.25) is 0 Å². The lowest BCUT2D eigenvalue weighted by atomic mass is 10.0. The Bertz CT molecular complexity index is 412. The van der Waals surface area contributed by atoms with Gasteiger partial charge in [0.1, 0.15) is 0 Å². The first-order valence-electron chi connectivity index (χ1n) is 4.64. The number of hydrogen-bond donors (Lipinski definition) is 2. The Kier molecular flexibility index (Phi) is 1.84. The van der Waals surface area contributed by atoms with Crippen LogP contribution in [0.2, 0.25) is 0 Å². The number of nitrogen functional groups attached to an aromatic ring is 2. The van der Waals surface area contributed by atoms with Crippen molar-refractivity contribution in [2.75, 3.05) is 11.5 Å². The predicted molar refractivity (Wildman–Crippen MR) is 62.2 cm³/mol. The monoisotopic (exact) mass is 186 g/mol. The molecule has 2 aromatic rings. The van der Waals surface area contributed by atoms with Crippen LogP contribution in [0, 0.1) is 13.8 Å². The molecule has 0 saturated carbocycles. The topological polar surface area (TPSA) is 52.0 Å². The molecule has 0 unspecified atom stereocenters. The van der Waals surface area contributed by atoms with E-state index in [1.807, 2.05) is 26.0 Å². The lowest BCUT2D eigenvalue weighted by Crippen LogP contribution is -1.92.